The highest BCUT2D eigenvalue weighted by atomic mass is 16.5. The molecule has 0 aromatic rings. The first-order valence-corrected chi connectivity index (χ1v) is 2.26. The molecule has 5 heteroatoms. The van der Waals surface area contributed by atoms with E-state index in [0.29, 0.717) is 0 Å². The predicted octanol–water partition coefficient (Wildman–Crippen LogP) is -1.93. The first-order valence-electron chi connectivity index (χ1n) is 2.26. The van der Waals surface area contributed by atoms with Crippen LogP contribution in [-0.4, -0.2) is 28.4 Å². The topological polar surface area (TPSA) is 86.7 Å². The van der Waals surface area contributed by atoms with Crippen molar-refractivity contribution < 1.29 is 16.5 Å². The third-order valence-electron chi connectivity index (χ3n) is 0.530. The molecule has 0 unspecified atom stereocenters. The maximum atomic E-state index is 8.18. The van der Waals surface area contributed by atoms with Crippen LogP contribution in [0.15, 0.2) is 12.1 Å². The van der Waals surface area contributed by atoms with Crippen LogP contribution < -0.4 is 5.73 Å². The van der Waals surface area contributed by atoms with Crippen LogP contribution in [0.1, 0.15) is 1.43 Å². The lowest BCUT2D eigenvalue weighted by atomic mass is 9.81. The molecule has 8 heavy (non-hydrogen) atoms. The molecule has 4 nitrogen and oxygen atoms in total. The van der Waals surface area contributed by atoms with Gasteiger partial charge in [-0.3, -0.25) is 0 Å². The highest BCUT2D eigenvalue weighted by Gasteiger charge is 2.07. The molecule has 5 N–H and O–H groups in total. The monoisotopic (exact) mass is 119 g/mol. The van der Waals surface area contributed by atoms with E-state index in [1.54, 1.807) is 0 Å². The van der Waals surface area contributed by atoms with Crippen molar-refractivity contribution in [1.29, 1.82) is 0 Å². The minimum absolute atomic E-state index is 0. The Kier molecular flexibility index (Phi) is 2.71. The van der Waals surface area contributed by atoms with Crippen LogP contribution >= 0.6 is 0 Å². The highest BCUT2D eigenvalue weighted by molar-refractivity contribution is 6.61. The fourth-order valence-corrected chi connectivity index (χ4v) is 0.261. The maximum Gasteiger partial charge on any atom is 1.00 e. The van der Waals surface area contributed by atoms with E-state index in [1.807, 2.05) is 0 Å². The molecule has 0 heterocycles. The molecule has 48 valence electrons. The Bertz CT molecular complexity index is 91.5. The summed E-state index contributed by atoms with van der Waals surface area (Å²) in [5, 5.41) is 24.5. The first kappa shape index (κ1) is 7.64. The van der Waals surface area contributed by atoms with Crippen molar-refractivity contribution in [2.75, 3.05) is 6.54 Å². The summed E-state index contributed by atoms with van der Waals surface area (Å²) in [5.74, 6) is 0.847. The summed E-state index contributed by atoms with van der Waals surface area (Å²) < 4.78 is 0. The van der Waals surface area contributed by atoms with Crippen LogP contribution in [0.3, 0.4) is 0 Å². The van der Waals surface area contributed by atoms with Crippen molar-refractivity contribution in [2.45, 2.75) is 0 Å². The Morgan fingerprint density at radius 3 is 2.12 bits per heavy atom. The van der Waals surface area contributed by atoms with Gasteiger partial charge in [0.15, 0.2) is 0 Å². The lowest BCUT2D eigenvalue weighted by Gasteiger charge is -2.13. The van der Waals surface area contributed by atoms with Crippen molar-refractivity contribution in [3.8, 4) is 0 Å². The normalized spacial score (nSPS) is 13.0. The number of nitrogens with two attached hydrogens (primary N) is 1. The van der Waals surface area contributed by atoms with Crippen LogP contribution in [0.4, 0.5) is 0 Å². The second-order valence-electron chi connectivity index (χ2n) is 1.46. The van der Waals surface area contributed by atoms with Crippen LogP contribution in [0.5, 0.6) is 0 Å². The summed E-state index contributed by atoms with van der Waals surface area (Å²) in [6.45, 7) is -3.08. The second-order valence-corrected chi connectivity index (χ2v) is 1.46. The molecule has 0 saturated carbocycles. The fourth-order valence-electron chi connectivity index (χ4n) is 0.261. The molecule has 0 rings (SSSR count). The Hall–Kier alpha value is -0.355. The number of rotatable bonds is 2. The van der Waals surface area contributed by atoms with Crippen LogP contribution in [0.2, 0.25) is 0 Å². The lowest BCUT2D eigenvalue weighted by molar-refractivity contribution is 0.247. The summed E-state index contributed by atoms with van der Waals surface area (Å²) in [7, 11) is 0. The number of hydrogen-bond donors (Lipinski definition) is 4. The van der Waals surface area contributed by atoms with Crippen LogP contribution in [0.25, 0.3) is 0 Å². The molecule has 0 amide bonds. The minimum atomic E-state index is -3.26. The summed E-state index contributed by atoms with van der Waals surface area (Å²) in [6.07, 6.45) is 1.26. The SMILES string of the molecule is NC/C=C/[B-](O)(O)O.[H+]. The summed E-state index contributed by atoms with van der Waals surface area (Å²) in [4.78, 5) is 0. The van der Waals surface area contributed by atoms with Gasteiger partial charge in [-0.1, -0.05) is 0 Å². The molecule has 0 bridgehead atoms. The van der Waals surface area contributed by atoms with E-state index in [1.165, 1.54) is 6.08 Å². The molecule has 0 spiro atoms. The summed E-state index contributed by atoms with van der Waals surface area (Å²) in [5.41, 5.74) is 4.93. The summed E-state index contributed by atoms with van der Waals surface area (Å²) >= 11 is 0. The molecule has 0 aromatic carbocycles. The molecule has 0 aromatic heterocycles. The van der Waals surface area contributed by atoms with Gasteiger partial charge < -0.3 is 20.8 Å². The van der Waals surface area contributed by atoms with Crippen LogP contribution in [-0.2, 0) is 0 Å². The van der Waals surface area contributed by atoms with Gasteiger partial charge in [0.2, 0.25) is 0 Å². The molecule has 0 radical (unpaired) electrons. The Balaban J connectivity index is 0. The number of hydrogen-bond acceptors (Lipinski definition) is 4. The Morgan fingerprint density at radius 2 is 2.00 bits per heavy atom. The van der Waals surface area contributed by atoms with E-state index < -0.39 is 6.75 Å². The van der Waals surface area contributed by atoms with Gasteiger partial charge in [0.25, 0.3) is 0 Å². The van der Waals surface area contributed by atoms with Gasteiger partial charge in [0, 0.05) is 6.54 Å². The van der Waals surface area contributed by atoms with Gasteiger partial charge in [0.1, 0.15) is 0 Å². The van der Waals surface area contributed by atoms with E-state index in [9.17, 15) is 0 Å². The Morgan fingerprint density at radius 1 is 1.50 bits per heavy atom. The van der Waals surface area contributed by atoms with Gasteiger partial charge in [-0.15, -0.1) is 6.08 Å². The summed E-state index contributed by atoms with van der Waals surface area (Å²) in [6, 6.07) is 0. The minimum Gasteiger partial charge on any atom is -0.556 e. The largest absolute Gasteiger partial charge is 1.00 e. The smallest absolute Gasteiger partial charge is 0.556 e. The van der Waals surface area contributed by atoms with Gasteiger partial charge in [-0.2, -0.15) is 5.98 Å². The molecule has 0 aliphatic rings. The zero-order valence-electron chi connectivity index (χ0n) is 5.36. The van der Waals surface area contributed by atoms with Gasteiger partial charge >= 0.3 is 8.18 Å². The van der Waals surface area contributed by atoms with E-state index in [0.717, 1.165) is 5.98 Å². The standard InChI is InChI=1S/C3H9BNO3/c5-3-1-2-4(6,7)8/h1-2,6-8H,3,5H2/q-1/p+1/b2-1+. The van der Waals surface area contributed by atoms with E-state index in [4.69, 9.17) is 20.8 Å². The molecular weight excluding hydrogens is 109 g/mol. The third-order valence-corrected chi connectivity index (χ3v) is 0.530. The average molecular weight is 119 g/mol. The zero-order valence-corrected chi connectivity index (χ0v) is 4.36. The molecule has 0 saturated heterocycles. The average Bonchev–Trinajstić information content (AvgIpc) is 1.59. The van der Waals surface area contributed by atoms with Crippen molar-refractivity contribution in [3.63, 3.8) is 0 Å². The van der Waals surface area contributed by atoms with E-state index in [-0.39, 0.29) is 7.97 Å². The molecule has 0 atom stereocenters. The first-order chi connectivity index (χ1) is 3.56. The zero-order chi connectivity index (χ0) is 6.62. The maximum absolute atomic E-state index is 8.18. The Labute approximate surface area is 48.7 Å². The highest BCUT2D eigenvalue weighted by Crippen LogP contribution is 1.84. The molecule has 0 fully saturated rings. The van der Waals surface area contributed by atoms with Crippen molar-refractivity contribution in [2.24, 2.45) is 5.73 Å². The van der Waals surface area contributed by atoms with Gasteiger partial charge in [-0.25, -0.2) is 0 Å². The second kappa shape index (κ2) is 2.83. The lowest BCUT2D eigenvalue weighted by Crippen LogP contribution is -2.32. The predicted molar refractivity (Wildman–Crippen MR) is 31.7 cm³/mol. The van der Waals surface area contributed by atoms with Crippen molar-refractivity contribution >= 4 is 6.75 Å². The van der Waals surface area contributed by atoms with Gasteiger partial charge in [0.05, 0.1) is 0 Å². The van der Waals surface area contributed by atoms with Crippen molar-refractivity contribution in [1.82, 2.24) is 0 Å². The quantitative estimate of drug-likeness (QED) is 0.319. The van der Waals surface area contributed by atoms with E-state index >= 15 is 0 Å². The molecular formula is C3H10BNO3. The molecule has 0 aliphatic carbocycles. The fraction of sp³-hybridized carbons (Fsp3) is 0.333. The van der Waals surface area contributed by atoms with E-state index in [2.05, 4.69) is 0 Å². The van der Waals surface area contributed by atoms with Crippen LogP contribution in [0, 0.1) is 0 Å². The van der Waals surface area contributed by atoms with Gasteiger partial charge in [-0.05, 0) is 0 Å². The van der Waals surface area contributed by atoms with Crippen molar-refractivity contribution in [3.05, 3.63) is 12.1 Å². The molecule has 0 aliphatic heterocycles. The third kappa shape index (κ3) is 5.64.